The molecule has 1 aromatic heterocycles. The SMILES string of the molecule is O=c1c(Br)c2oc3ccccc3nc-2c2ncccc12. The fourth-order valence-electron chi connectivity index (χ4n) is 2.27. The summed E-state index contributed by atoms with van der Waals surface area (Å²) in [6.07, 6.45) is 1.64. The van der Waals surface area contributed by atoms with Crippen molar-refractivity contribution in [2.24, 2.45) is 0 Å². The van der Waals surface area contributed by atoms with E-state index in [4.69, 9.17) is 4.42 Å². The van der Waals surface area contributed by atoms with Gasteiger partial charge >= 0.3 is 0 Å². The third-order valence-corrected chi connectivity index (χ3v) is 3.92. The third-order valence-electron chi connectivity index (χ3n) is 3.20. The minimum Gasteiger partial charge on any atom is -0.451 e. The fraction of sp³-hybridized carbons (Fsp3) is 0. The van der Waals surface area contributed by atoms with Crippen molar-refractivity contribution in [3.63, 3.8) is 0 Å². The number of fused-ring (bicyclic) bond motifs is 4. The minimum absolute atomic E-state index is 0.138. The molecule has 1 aromatic carbocycles. The molecule has 4 rings (SSSR count). The summed E-state index contributed by atoms with van der Waals surface area (Å²) in [5, 5.41) is 0.532. The zero-order valence-electron chi connectivity index (χ0n) is 10.1. The lowest BCUT2D eigenvalue weighted by molar-refractivity contribution is 0.610. The molecule has 0 spiro atoms. The summed E-state index contributed by atoms with van der Waals surface area (Å²) < 4.78 is 6.20. The number of halogens is 1. The molecule has 0 bridgehead atoms. The normalized spacial score (nSPS) is 11.4. The maximum absolute atomic E-state index is 12.3. The van der Waals surface area contributed by atoms with Crippen molar-refractivity contribution in [1.29, 1.82) is 0 Å². The third kappa shape index (κ3) is 1.50. The van der Waals surface area contributed by atoms with Crippen LogP contribution in [0.4, 0.5) is 0 Å². The van der Waals surface area contributed by atoms with Crippen LogP contribution in [-0.4, -0.2) is 9.97 Å². The van der Waals surface area contributed by atoms with Crippen molar-refractivity contribution in [3.8, 4) is 11.5 Å². The summed E-state index contributed by atoms with van der Waals surface area (Å²) in [5.74, 6) is 0.430. The van der Waals surface area contributed by atoms with E-state index in [1.165, 1.54) is 0 Å². The van der Waals surface area contributed by atoms with Crippen LogP contribution in [0, 0.1) is 0 Å². The molecule has 96 valence electrons. The van der Waals surface area contributed by atoms with Gasteiger partial charge < -0.3 is 4.42 Å². The van der Waals surface area contributed by atoms with E-state index in [1.807, 2.05) is 24.3 Å². The van der Waals surface area contributed by atoms with Gasteiger partial charge in [-0.25, -0.2) is 4.98 Å². The van der Waals surface area contributed by atoms with Crippen LogP contribution in [-0.2, 0) is 0 Å². The molecule has 0 saturated heterocycles. The lowest BCUT2D eigenvalue weighted by Gasteiger charge is -2.10. The Bertz CT molecular complexity index is 994. The second-order valence-electron chi connectivity index (χ2n) is 4.40. The topological polar surface area (TPSA) is 56.0 Å². The van der Waals surface area contributed by atoms with Gasteiger partial charge in [-0.15, -0.1) is 0 Å². The molecule has 4 nitrogen and oxygen atoms in total. The van der Waals surface area contributed by atoms with E-state index in [0.29, 0.717) is 32.4 Å². The first-order valence-electron chi connectivity index (χ1n) is 6.01. The molecular weight excluding hydrogens is 320 g/mol. The molecule has 0 amide bonds. The monoisotopic (exact) mass is 326 g/mol. The number of benzene rings is 2. The van der Waals surface area contributed by atoms with Crippen LogP contribution in [0.25, 0.3) is 33.5 Å². The Kier molecular flexibility index (Phi) is 2.37. The summed E-state index contributed by atoms with van der Waals surface area (Å²) in [6.45, 7) is 0. The number of aromatic nitrogens is 2. The quantitative estimate of drug-likeness (QED) is 0.366. The second-order valence-corrected chi connectivity index (χ2v) is 5.19. The van der Waals surface area contributed by atoms with E-state index in [0.717, 1.165) is 5.52 Å². The number of para-hydroxylation sites is 2. The van der Waals surface area contributed by atoms with Crippen LogP contribution < -0.4 is 5.43 Å². The Morgan fingerprint density at radius 2 is 1.95 bits per heavy atom. The van der Waals surface area contributed by atoms with Crippen molar-refractivity contribution in [2.75, 3.05) is 0 Å². The Morgan fingerprint density at radius 3 is 2.85 bits per heavy atom. The first-order valence-corrected chi connectivity index (χ1v) is 6.81. The maximum Gasteiger partial charge on any atom is 0.206 e. The zero-order chi connectivity index (χ0) is 13.7. The summed E-state index contributed by atoms with van der Waals surface area (Å²) in [6, 6.07) is 10.9. The number of hydrogen-bond donors (Lipinski definition) is 0. The summed E-state index contributed by atoms with van der Waals surface area (Å²) in [7, 11) is 0. The van der Waals surface area contributed by atoms with Gasteiger partial charge in [0.2, 0.25) is 5.43 Å². The van der Waals surface area contributed by atoms with Crippen LogP contribution in [0.2, 0.25) is 0 Å². The van der Waals surface area contributed by atoms with E-state index in [-0.39, 0.29) is 5.43 Å². The van der Waals surface area contributed by atoms with Crippen LogP contribution in [0.3, 0.4) is 0 Å². The molecule has 0 radical (unpaired) electrons. The summed E-state index contributed by atoms with van der Waals surface area (Å²) in [5.41, 5.74) is 2.38. The highest BCUT2D eigenvalue weighted by Crippen LogP contribution is 2.33. The predicted octanol–water partition coefficient (Wildman–Crippen LogP) is 3.60. The molecule has 0 N–H and O–H groups in total. The zero-order valence-corrected chi connectivity index (χ0v) is 11.7. The molecule has 0 fully saturated rings. The van der Waals surface area contributed by atoms with Crippen molar-refractivity contribution >= 4 is 37.9 Å². The van der Waals surface area contributed by atoms with Gasteiger partial charge in [-0.3, -0.25) is 9.78 Å². The van der Waals surface area contributed by atoms with Gasteiger partial charge in [0.05, 0.1) is 5.39 Å². The number of hydrogen-bond acceptors (Lipinski definition) is 4. The van der Waals surface area contributed by atoms with E-state index in [1.54, 1.807) is 18.3 Å². The van der Waals surface area contributed by atoms with Gasteiger partial charge in [0, 0.05) is 6.20 Å². The highest BCUT2D eigenvalue weighted by Gasteiger charge is 2.21. The van der Waals surface area contributed by atoms with E-state index in [9.17, 15) is 4.79 Å². The van der Waals surface area contributed by atoms with Crippen molar-refractivity contribution in [2.45, 2.75) is 0 Å². The smallest absolute Gasteiger partial charge is 0.206 e. The molecule has 20 heavy (non-hydrogen) atoms. The van der Waals surface area contributed by atoms with Crippen molar-refractivity contribution in [1.82, 2.24) is 9.97 Å². The number of rotatable bonds is 0. The molecule has 2 heterocycles. The van der Waals surface area contributed by atoms with Gasteiger partial charge in [0.15, 0.2) is 11.3 Å². The largest absolute Gasteiger partial charge is 0.451 e. The van der Waals surface area contributed by atoms with Gasteiger partial charge in [0.1, 0.15) is 21.2 Å². The van der Waals surface area contributed by atoms with Crippen molar-refractivity contribution in [3.05, 3.63) is 57.3 Å². The van der Waals surface area contributed by atoms with Crippen LogP contribution in [0.1, 0.15) is 0 Å². The molecule has 1 aliphatic heterocycles. The minimum atomic E-state index is -0.138. The van der Waals surface area contributed by atoms with Gasteiger partial charge in [-0.2, -0.15) is 0 Å². The Labute approximate surface area is 121 Å². The average Bonchev–Trinajstić information content (AvgIpc) is 2.51. The number of pyridine rings is 1. The van der Waals surface area contributed by atoms with Crippen LogP contribution >= 0.6 is 15.9 Å². The second kappa shape index (κ2) is 4.11. The first-order chi connectivity index (χ1) is 9.75. The lowest BCUT2D eigenvalue weighted by Crippen LogP contribution is -2.08. The highest BCUT2D eigenvalue weighted by atomic mass is 79.9. The molecule has 0 atom stereocenters. The average molecular weight is 327 g/mol. The lowest BCUT2D eigenvalue weighted by atomic mass is 10.1. The van der Waals surface area contributed by atoms with Gasteiger partial charge in [-0.05, 0) is 40.2 Å². The molecule has 0 unspecified atom stereocenters. The first kappa shape index (κ1) is 11.5. The Balaban J connectivity index is 2.34. The molecule has 0 saturated carbocycles. The Morgan fingerprint density at radius 1 is 1.10 bits per heavy atom. The number of nitrogens with zero attached hydrogens (tertiary/aromatic N) is 2. The molecule has 2 aromatic rings. The fourth-order valence-corrected chi connectivity index (χ4v) is 2.76. The summed E-state index contributed by atoms with van der Waals surface area (Å²) >= 11 is 3.31. The standard InChI is InChI=1S/C15H7BrN2O2/c16-11-14(19)8-4-3-7-17-12(8)13-15(11)20-10-6-2-1-5-9(10)18-13/h1-7H. The predicted molar refractivity (Wildman–Crippen MR) is 79.9 cm³/mol. The molecule has 1 aliphatic carbocycles. The van der Waals surface area contributed by atoms with E-state index in [2.05, 4.69) is 25.9 Å². The van der Waals surface area contributed by atoms with E-state index < -0.39 is 0 Å². The van der Waals surface area contributed by atoms with Gasteiger partial charge in [0.25, 0.3) is 0 Å². The van der Waals surface area contributed by atoms with Crippen LogP contribution in [0.5, 0.6) is 0 Å². The maximum atomic E-state index is 12.3. The van der Waals surface area contributed by atoms with Crippen LogP contribution in [0.15, 0.2) is 56.3 Å². The van der Waals surface area contributed by atoms with Crippen molar-refractivity contribution < 1.29 is 4.42 Å². The van der Waals surface area contributed by atoms with Gasteiger partial charge in [-0.1, -0.05) is 12.1 Å². The molecular formula is C15H7BrN2O2. The summed E-state index contributed by atoms with van der Waals surface area (Å²) in [4.78, 5) is 21.2. The highest BCUT2D eigenvalue weighted by molar-refractivity contribution is 9.10. The Hall–Kier alpha value is -2.27. The van der Waals surface area contributed by atoms with E-state index >= 15 is 0 Å². The molecule has 5 heteroatoms. The molecule has 2 aliphatic rings.